The summed E-state index contributed by atoms with van der Waals surface area (Å²) < 4.78 is 2.37. The van der Waals surface area contributed by atoms with Gasteiger partial charge in [-0.05, 0) is 167 Å². The predicted octanol–water partition coefficient (Wildman–Crippen LogP) is 20.0. The Hall–Kier alpha value is -9.76. The van der Waals surface area contributed by atoms with E-state index in [1.807, 2.05) is 0 Å². The highest BCUT2D eigenvalue weighted by Crippen LogP contribution is 2.47. The van der Waals surface area contributed by atoms with Gasteiger partial charge in [-0.2, -0.15) is 0 Å². The number of nitrogens with zero attached hydrogens (tertiary/aromatic N) is 2. The normalized spacial score (nSPS) is 11.5. The Labute approximate surface area is 430 Å². The van der Waals surface area contributed by atoms with Crippen molar-refractivity contribution in [2.24, 2.45) is 0 Å². The summed E-state index contributed by atoms with van der Waals surface area (Å²) in [5.74, 6) is 0. The molecule has 0 aliphatic rings. The first kappa shape index (κ1) is 43.1. The van der Waals surface area contributed by atoms with Gasteiger partial charge < -0.3 is 9.47 Å². The van der Waals surface area contributed by atoms with Gasteiger partial charge in [0.2, 0.25) is 0 Å². The number of hydrogen-bond donors (Lipinski definition) is 0. The molecule has 0 spiro atoms. The third kappa shape index (κ3) is 7.52. The summed E-state index contributed by atoms with van der Waals surface area (Å²) in [7, 11) is 0. The minimum absolute atomic E-state index is 1.08. The summed E-state index contributed by atoms with van der Waals surface area (Å²) in [5.41, 5.74) is 18.7. The summed E-state index contributed by atoms with van der Waals surface area (Å²) in [6.45, 7) is 0. The van der Waals surface area contributed by atoms with Crippen LogP contribution < -0.4 is 4.90 Å². The van der Waals surface area contributed by atoms with E-state index < -0.39 is 0 Å². The molecule has 1 aromatic heterocycles. The molecule has 14 aromatic rings. The van der Waals surface area contributed by atoms with E-state index >= 15 is 0 Å². The van der Waals surface area contributed by atoms with Crippen molar-refractivity contribution in [1.82, 2.24) is 4.57 Å². The van der Waals surface area contributed by atoms with E-state index in [1.54, 1.807) is 0 Å². The summed E-state index contributed by atoms with van der Waals surface area (Å²) >= 11 is 0. The van der Waals surface area contributed by atoms with Crippen LogP contribution in [0.1, 0.15) is 0 Å². The zero-order valence-corrected chi connectivity index (χ0v) is 40.6. The Morgan fingerprint density at radius 2 is 0.676 bits per heavy atom. The maximum atomic E-state index is 2.42. The van der Waals surface area contributed by atoms with Crippen molar-refractivity contribution in [3.8, 4) is 61.3 Å². The first-order chi connectivity index (χ1) is 36.7. The van der Waals surface area contributed by atoms with Crippen molar-refractivity contribution in [1.29, 1.82) is 0 Å². The molecule has 346 valence electrons. The van der Waals surface area contributed by atoms with Crippen molar-refractivity contribution < 1.29 is 0 Å². The van der Waals surface area contributed by atoms with Crippen molar-refractivity contribution in [2.75, 3.05) is 4.90 Å². The Balaban J connectivity index is 0.912. The lowest BCUT2D eigenvalue weighted by molar-refractivity contribution is 1.18. The van der Waals surface area contributed by atoms with Crippen molar-refractivity contribution in [2.45, 2.75) is 0 Å². The number of aromatic nitrogens is 1. The summed E-state index contributed by atoms with van der Waals surface area (Å²) in [6, 6.07) is 107. The lowest BCUT2D eigenvalue weighted by atomic mass is 9.84. The number of para-hydroxylation sites is 2. The zero-order valence-electron chi connectivity index (χ0n) is 40.6. The van der Waals surface area contributed by atoms with Crippen LogP contribution >= 0.6 is 0 Å². The van der Waals surface area contributed by atoms with Crippen LogP contribution in [0.4, 0.5) is 17.1 Å². The Morgan fingerprint density at radius 1 is 0.216 bits per heavy atom. The molecule has 1 heterocycles. The highest BCUT2D eigenvalue weighted by molar-refractivity contribution is 6.22. The van der Waals surface area contributed by atoms with Gasteiger partial charge in [-0.1, -0.05) is 212 Å². The van der Waals surface area contributed by atoms with E-state index in [0.29, 0.717) is 0 Å². The average Bonchev–Trinajstić information content (AvgIpc) is 3.81. The van der Waals surface area contributed by atoms with E-state index in [2.05, 4.69) is 301 Å². The molecule has 2 heteroatoms. The van der Waals surface area contributed by atoms with Crippen LogP contribution in [-0.2, 0) is 0 Å². The van der Waals surface area contributed by atoms with Crippen molar-refractivity contribution in [3.63, 3.8) is 0 Å². The first-order valence-corrected chi connectivity index (χ1v) is 25.5. The number of hydrogen-bond acceptors (Lipinski definition) is 1. The molecular formula is C72H48N2. The molecule has 0 unspecified atom stereocenters. The molecule has 0 fully saturated rings. The van der Waals surface area contributed by atoms with E-state index in [-0.39, 0.29) is 0 Å². The third-order valence-electron chi connectivity index (χ3n) is 14.9. The van der Waals surface area contributed by atoms with E-state index in [4.69, 9.17) is 0 Å². The second-order valence-electron chi connectivity index (χ2n) is 19.3. The van der Waals surface area contributed by atoms with Crippen LogP contribution in [0.5, 0.6) is 0 Å². The quantitative estimate of drug-likeness (QED) is 0.131. The summed E-state index contributed by atoms with van der Waals surface area (Å²) in [4.78, 5) is 2.41. The van der Waals surface area contributed by atoms with E-state index in [9.17, 15) is 0 Å². The molecule has 0 saturated heterocycles. The van der Waals surface area contributed by atoms with Crippen LogP contribution in [0, 0.1) is 0 Å². The fourth-order valence-corrected chi connectivity index (χ4v) is 11.5. The van der Waals surface area contributed by atoms with Crippen molar-refractivity contribution >= 4 is 71.2 Å². The van der Waals surface area contributed by atoms with Gasteiger partial charge in [0.15, 0.2) is 0 Å². The van der Waals surface area contributed by atoms with Gasteiger partial charge in [0.05, 0.1) is 11.0 Å². The van der Waals surface area contributed by atoms with Crippen molar-refractivity contribution in [3.05, 3.63) is 291 Å². The zero-order chi connectivity index (χ0) is 49.0. The minimum atomic E-state index is 1.08. The molecule has 2 nitrogen and oxygen atoms in total. The fraction of sp³-hybridized carbons (Fsp3) is 0. The van der Waals surface area contributed by atoms with Crippen LogP contribution in [-0.4, -0.2) is 4.57 Å². The molecule has 0 bridgehead atoms. The third-order valence-corrected chi connectivity index (χ3v) is 14.9. The maximum Gasteiger partial charge on any atom is 0.0541 e. The largest absolute Gasteiger partial charge is 0.310 e. The Kier molecular flexibility index (Phi) is 10.6. The monoisotopic (exact) mass is 940 g/mol. The fourth-order valence-electron chi connectivity index (χ4n) is 11.5. The second-order valence-corrected chi connectivity index (χ2v) is 19.3. The highest BCUT2D eigenvalue weighted by atomic mass is 15.1. The molecule has 0 amide bonds. The van der Waals surface area contributed by atoms with Gasteiger partial charge in [0, 0.05) is 33.5 Å². The maximum absolute atomic E-state index is 2.42. The molecule has 0 aliphatic heterocycles. The van der Waals surface area contributed by atoms with E-state index in [1.165, 1.54) is 98.6 Å². The smallest absolute Gasteiger partial charge is 0.0541 e. The molecule has 0 N–H and O–H groups in total. The topological polar surface area (TPSA) is 8.17 Å². The number of benzene rings is 13. The SMILES string of the molecule is c1ccc(-c2c(-c3ccccc3)c3cc(-c4cccc(N(c5ccc(-c6ccc7c(c6)c6ccccc6n7-c6ccccc6)cc5)c5cccc(-c6ccc7ccccc7c6)c5)c4)ccc3c3ccccc23)cc1. The van der Waals surface area contributed by atoms with Crippen LogP contribution in [0.3, 0.4) is 0 Å². The lowest BCUT2D eigenvalue weighted by Crippen LogP contribution is -2.10. The molecular weight excluding hydrogens is 893 g/mol. The second kappa shape index (κ2) is 18.1. The lowest BCUT2D eigenvalue weighted by Gasteiger charge is -2.27. The Bertz CT molecular complexity index is 4400. The van der Waals surface area contributed by atoms with Crippen LogP contribution in [0.25, 0.3) is 115 Å². The highest BCUT2D eigenvalue weighted by Gasteiger charge is 2.20. The van der Waals surface area contributed by atoms with Crippen LogP contribution in [0.15, 0.2) is 291 Å². The van der Waals surface area contributed by atoms with Gasteiger partial charge in [-0.3, -0.25) is 0 Å². The van der Waals surface area contributed by atoms with Gasteiger partial charge in [0.1, 0.15) is 0 Å². The molecule has 74 heavy (non-hydrogen) atoms. The first-order valence-electron chi connectivity index (χ1n) is 25.5. The molecule has 0 aliphatic carbocycles. The number of anilines is 3. The summed E-state index contributed by atoms with van der Waals surface area (Å²) in [6.07, 6.45) is 0. The van der Waals surface area contributed by atoms with E-state index in [0.717, 1.165) is 33.9 Å². The van der Waals surface area contributed by atoms with Gasteiger partial charge in [0.25, 0.3) is 0 Å². The summed E-state index contributed by atoms with van der Waals surface area (Å²) in [5, 5.41) is 9.93. The predicted molar refractivity (Wildman–Crippen MR) is 315 cm³/mol. The molecule has 0 radical (unpaired) electrons. The standard InChI is InChI=1S/C72H48N2/c1-4-19-51(20-5-1)71-66-32-13-12-30-63(66)64-42-38-58(48-68(64)72(71)52-21-6-2-7-22-52)55-25-17-29-62(46-55)73(61-28-16-24-54(45-61)56-35-34-49-18-10-11-23-53(49)44-56)60-40-36-50(37-41-60)57-39-43-70-67(47-57)65-31-14-15-33-69(65)74(70)59-26-8-3-9-27-59/h1-48H. The Morgan fingerprint density at radius 3 is 1.38 bits per heavy atom. The molecule has 13 aromatic carbocycles. The average molecular weight is 941 g/mol. The molecule has 0 atom stereocenters. The molecule has 14 rings (SSSR count). The van der Waals surface area contributed by atoms with Gasteiger partial charge in [-0.25, -0.2) is 0 Å². The molecule has 0 saturated carbocycles. The van der Waals surface area contributed by atoms with Gasteiger partial charge in [-0.15, -0.1) is 0 Å². The number of fused-ring (bicyclic) bond motifs is 7. The van der Waals surface area contributed by atoms with Crippen LogP contribution in [0.2, 0.25) is 0 Å². The minimum Gasteiger partial charge on any atom is -0.310 e. The number of rotatable bonds is 9. The van der Waals surface area contributed by atoms with Gasteiger partial charge >= 0.3 is 0 Å².